The lowest BCUT2D eigenvalue weighted by Gasteiger charge is -2.46. The van der Waals surface area contributed by atoms with Gasteiger partial charge in [-0.3, -0.25) is 4.79 Å². The SMILES string of the molecule is COc1ccccc1CN1CC(C)(C2CCCNC2)OCC1=O. The lowest BCUT2D eigenvalue weighted by Crippen LogP contribution is -2.58. The van der Waals surface area contributed by atoms with Crippen LogP contribution in [0.4, 0.5) is 0 Å². The minimum atomic E-state index is -0.274. The molecule has 2 aliphatic heterocycles. The number of carbonyl (C=O) groups is 1. The van der Waals surface area contributed by atoms with Gasteiger partial charge in [0.1, 0.15) is 12.4 Å². The van der Waals surface area contributed by atoms with Crippen molar-refractivity contribution >= 4 is 5.91 Å². The van der Waals surface area contributed by atoms with Crippen LogP contribution in [0.25, 0.3) is 0 Å². The molecule has 0 saturated carbocycles. The number of hydrogen-bond donors (Lipinski definition) is 1. The van der Waals surface area contributed by atoms with Crippen molar-refractivity contribution in [1.29, 1.82) is 0 Å². The summed E-state index contributed by atoms with van der Waals surface area (Å²) < 4.78 is 11.4. The highest BCUT2D eigenvalue weighted by Gasteiger charge is 2.42. The van der Waals surface area contributed by atoms with Crippen molar-refractivity contribution in [2.75, 3.05) is 33.4 Å². The third-order valence-electron chi connectivity index (χ3n) is 5.10. The van der Waals surface area contributed by atoms with E-state index in [0.717, 1.165) is 30.8 Å². The monoisotopic (exact) mass is 318 g/mol. The van der Waals surface area contributed by atoms with Crippen LogP contribution in [-0.2, 0) is 16.1 Å². The molecule has 5 nitrogen and oxygen atoms in total. The predicted molar refractivity (Wildman–Crippen MR) is 88.4 cm³/mol. The van der Waals surface area contributed by atoms with Crippen LogP contribution in [0.2, 0.25) is 0 Å². The van der Waals surface area contributed by atoms with Gasteiger partial charge in [-0.25, -0.2) is 0 Å². The quantitative estimate of drug-likeness (QED) is 0.920. The number of amides is 1. The van der Waals surface area contributed by atoms with Gasteiger partial charge in [0.25, 0.3) is 0 Å². The average Bonchev–Trinajstić information content (AvgIpc) is 2.59. The molecule has 2 heterocycles. The molecular weight excluding hydrogens is 292 g/mol. The maximum absolute atomic E-state index is 12.3. The maximum Gasteiger partial charge on any atom is 0.249 e. The van der Waals surface area contributed by atoms with Crippen molar-refractivity contribution in [3.05, 3.63) is 29.8 Å². The van der Waals surface area contributed by atoms with E-state index in [1.807, 2.05) is 29.2 Å². The Bertz CT molecular complexity index is 557. The summed E-state index contributed by atoms with van der Waals surface area (Å²) >= 11 is 0. The second-order valence-electron chi connectivity index (χ2n) is 6.71. The summed E-state index contributed by atoms with van der Waals surface area (Å²) in [5, 5.41) is 3.45. The van der Waals surface area contributed by atoms with Crippen molar-refractivity contribution in [2.45, 2.75) is 31.9 Å². The van der Waals surface area contributed by atoms with Crippen molar-refractivity contribution < 1.29 is 14.3 Å². The van der Waals surface area contributed by atoms with Crippen LogP contribution in [0.15, 0.2) is 24.3 Å². The zero-order valence-electron chi connectivity index (χ0n) is 14.0. The molecular formula is C18H26N2O3. The number of rotatable bonds is 4. The van der Waals surface area contributed by atoms with Crippen LogP contribution in [0, 0.1) is 5.92 Å². The molecule has 5 heteroatoms. The molecule has 23 heavy (non-hydrogen) atoms. The zero-order chi connectivity index (χ0) is 16.3. The second-order valence-corrected chi connectivity index (χ2v) is 6.71. The fourth-order valence-corrected chi connectivity index (χ4v) is 3.63. The smallest absolute Gasteiger partial charge is 0.249 e. The number of ether oxygens (including phenoxy) is 2. The Morgan fingerprint density at radius 1 is 1.43 bits per heavy atom. The lowest BCUT2D eigenvalue weighted by atomic mass is 9.82. The van der Waals surface area contributed by atoms with Gasteiger partial charge in [0.2, 0.25) is 5.91 Å². The van der Waals surface area contributed by atoms with Gasteiger partial charge in [0.15, 0.2) is 0 Å². The maximum atomic E-state index is 12.3. The molecule has 2 atom stereocenters. The van der Waals surface area contributed by atoms with E-state index in [-0.39, 0.29) is 18.1 Å². The third-order valence-corrected chi connectivity index (χ3v) is 5.10. The highest BCUT2D eigenvalue weighted by molar-refractivity contribution is 5.78. The number of benzene rings is 1. The highest BCUT2D eigenvalue weighted by Crippen LogP contribution is 2.32. The number of carbonyl (C=O) groups excluding carboxylic acids is 1. The summed E-state index contributed by atoms with van der Waals surface area (Å²) in [4.78, 5) is 14.2. The van der Waals surface area contributed by atoms with Gasteiger partial charge in [-0.2, -0.15) is 0 Å². The van der Waals surface area contributed by atoms with Crippen LogP contribution in [0.5, 0.6) is 5.75 Å². The standard InChI is InChI=1S/C18H26N2O3/c1-18(15-7-5-9-19-10-15)13-20(17(21)12-23-18)11-14-6-3-4-8-16(14)22-2/h3-4,6,8,15,19H,5,7,9-13H2,1-2H3. The molecule has 3 rings (SSSR count). The number of nitrogens with one attached hydrogen (secondary N) is 1. The number of methoxy groups -OCH3 is 1. The third kappa shape index (κ3) is 3.51. The number of piperidine rings is 1. The van der Waals surface area contributed by atoms with Gasteiger partial charge in [0, 0.05) is 24.6 Å². The first kappa shape index (κ1) is 16.3. The molecule has 126 valence electrons. The van der Waals surface area contributed by atoms with Crippen LogP contribution in [-0.4, -0.2) is 49.8 Å². The van der Waals surface area contributed by atoms with Crippen LogP contribution >= 0.6 is 0 Å². The Kier molecular flexibility index (Phi) is 4.87. The average molecular weight is 318 g/mol. The first-order chi connectivity index (χ1) is 11.1. The molecule has 1 amide bonds. The Balaban J connectivity index is 1.74. The zero-order valence-corrected chi connectivity index (χ0v) is 14.0. The summed E-state index contributed by atoms with van der Waals surface area (Å²) in [6.45, 7) is 5.57. The molecule has 0 radical (unpaired) electrons. The Labute approximate surface area is 137 Å². The van der Waals surface area contributed by atoms with E-state index in [4.69, 9.17) is 9.47 Å². The molecule has 1 aromatic rings. The Morgan fingerprint density at radius 2 is 2.26 bits per heavy atom. The largest absolute Gasteiger partial charge is 0.496 e. The summed E-state index contributed by atoms with van der Waals surface area (Å²) in [7, 11) is 1.66. The second kappa shape index (κ2) is 6.89. The van der Waals surface area contributed by atoms with Crippen molar-refractivity contribution in [2.24, 2.45) is 5.92 Å². The Morgan fingerprint density at radius 3 is 3.00 bits per heavy atom. The lowest BCUT2D eigenvalue weighted by molar-refractivity contribution is -0.172. The molecule has 2 aliphatic rings. The number of morpholine rings is 1. The summed E-state index contributed by atoms with van der Waals surface area (Å²) in [5.74, 6) is 1.33. The normalized spacial score (nSPS) is 28.7. The van der Waals surface area contributed by atoms with Gasteiger partial charge < -0.3 is 19.7 Å². The van der Waals surface area contributed by atoms with Crippen LogP contribution in [0.3, 0.4) is 0 Å². The van der Waals surface area contributed by atoms with Crippen molar-refractivity contribution in [3.8, 4) is 5.75 Å². The van der Waals surface area contributed by atoms with Gasteiger partial charge in [-0.1, -0.05) is 18.2 Å². The first-order valence-electron chi connectivity index (χ1n) is 8.37. The predicted octanol–water partition coefficient (Wildman–Crippen LogP) is 1.81. The van der Waals surface area contributed by atoms with Gasteiger partial charge >= 0.3 is 0 Å². The molecule has 2 saturated heterocycles. The van der Waals surface area contributed by atoms with Crippen molar-refractivity contribution in [1.82, 2.24) is 10.2 Å². The summed E-state index contributed by atoms with van der Waals surface area (Å²) in [6.07, 6.45) is 2.32. The van der Waals surface area contributed by atoms with E-state index >= 15 is 0 Å². The van der Waals surface area contributed by atoms with E-state index in [0.29, 0.717) is 19.0 Å². The van der Waals surface area contributed by atoms with E-state index in [1.165, 1.54) is 6.42 Å². The van der Waals surface area contributed by atoms with Crippen LogP contribution in [0.1, 0.15) is 25.3 Å². The topological polar surface area (TPSA) is 50.8 Å². The highest BCUT2D eigenvalue weighted by atomic mass is 16.5. The Hall–Kier alpha value is -1.59. The number of hydrogen-bond acceptors (Lipinski definition) is 4. The molecule has 0 aromatic heterocycles. The van der Waals surface area contributed by atoms with E-state index in [2.05, 4.69) is 12.2 Å². The first-order valence-corrected chi connectivity index (χ1v) is 8.37. The minimum absolute atomic E-state index is 0.0529. The molecule has 1 N–H and O–H groups in total. The van der Waals surface area contributed by atoms with Gasteiger partial charge in [-0.05, 0) is 32.4 Å². The molecule has 0 aliphatic carbocycles. The minimum Gasteiger partial charge on any atom is -0.496 e. The fourth-order valence-electron chi connectivity index (χ4n) is 3.63. The van der Waals surface area contributed by atoms with E-state index in [1.54, 1.807) is 7.11 Å². The molecule has 2 fully saturated rings. The number of nitrogens with zero attached hydrogens (tertiary/aromatic N) is 1. The van der Waals surface area contributed by atoms with Gasteiger partial charge in [-0.15, -0.1) is 0 Å². The fraction of sp³-hybridized carbons (Fsp3) is 0.611. The molecule has 0 bridgehead atoms. The summed E-state index contributed by atoms with van der Waals surface area (Å²) in [6, 6.07) is 7.87. The van der Waals surface area contributed by atoms with E-state index in [9.17, 15) is 4.79 Å². The number of para-hydroxylation sites is 1. The molecule has 0 spiro atoms. The van der Waals surface area contributed by atoms with Crippen molar-refractivity contribution in [3.63, 3.8) is 0 Å². The van der Waals surface area contributed by atoms with Crippen LogP contribution < -0.4 is 10.1 Å². The molecule has 2 unspecified atom stereocenters. The van der Waals surface area contributed by atoms with Gasteiger partial charge in [0.05, 0.1) is 19.3 Å². The summed E-state index contributed by atoms with van der Waals surface area (Å²) in [5.41, 5.74) is 0.762. The molecule has 1 aromatic carbocycles. The van der Waals surface area contributed by atoms with E-state index < -0.39 is 0 Å².